The van der Waals surface area contributed by atoms with Gasteiger partial charge in [0.1, 0.15) is 5.78 Å². The molecule has 0 fully saturated rings. The van der Waals surface area contributed by atoms with Gasteiger partial charge in [0.25, 0.3) is 0 Å². The number of carbonyl (C=O) groups is 1. The summed E-state index contributed by atoms with van der Waals surface area (Å²) in [4.78, 5) is 15.4. The molecule has 0 aromatic carbocycles. The zero-order valence-corrected chi connectivity index (χ0v) is 11.4. The summed E-state index contributed by atoms with van der Waals surface area (Å²) in [5, 5.41) is 0. The summed E-state index contributed by atoms with van der Waals surface area (Å²) in [6.07, 6.45) is 4.54. The van der Waals surface area contributed by atoms with E-state index < -0.39 is 0 Å². The van der Waals surface area contributed by atoms with Crippen LogP contribution in [0.15, 0.2) is 18.3 Å². The fourth-order valence-corrected chi connectivity index (χ4v) is 2.15. The molecule has 0 amide bonds. The minimum atomic E-state index is 0.272. The molecule has 1 rings (SSSR count). The van der Waals surface area contributed by atoms with Crippen LogP contribution < -0.4 is 0 Å². The van der Waals surface area contributed by atoms with E-state index >= 15 is 0 Å². The molecule has 0 saturated heterocycles. The van der Waals surface area contributed by atoms with Crippen LogP contribution in [0.5, 0.6) is 0 Å². The maximum Gasteiger partial charge on any atom is 0.130 e. The molecule has 1 aromatic heterocycles. The summed E-state index contributed by atoms with van der Waals surface area (Å²) in [7, 11) is 0. The lowest BCUT2D eigenvalue weighted by molar-refractivity contribution is -0.117. The van der Waals surface area contributed by atoms with Gasteiger partial charge in [-0.3, -0.25) is 4.98 Å². The third-order valence-corrected chi connectivity index (χ3v) is 2.72. The summed E-state index contributed by atoms with van der Waals surface area (Å²) < 4.78 is 0. The fourth-order valence-electron chi connectivity index (χ4n) is 2.15. The van der Waals surface area contributed by atoms with Gasteiger partial charge in [-0.2, -0.15) is 0 Å². The second-order valence-electron chi connectivity index (χ2n) is 5.47. The van der Waals surface area contributed by atoms with Crippen LogP contribution in [0.1, 0.15) is 45.4 Å². The topological polar surface area (TPSA) is 30.0 Å². The van der Waals surface area contributed by atoms with Gasteiger partial charge in [0.2, 0.25) is 0 Å². The van der Waals surface area contributed by atoms with Gasteiger partial charge in [0, 0.05) is 18.3 Å². The Bertz CT molecular complexity index is 371. The Kier molecular flexibility index (Phi) is 5.33. The van der Waals surface area contributed by atoms with E-state index in [9.17, 15) is 4.79 Å². The van der Waals surface area contributed by atoms with Crippen LogP contribution in [-0.4, -0.2) is 10.8 Å². The number of carbonyl (C=O) groups excluding carboxylic acids is 1. The first-order valence-corrected chi connectivity index (χ1v) is 6.40. The molecule has 2 nitrogen and oxygen atoms in total. The first-order valence-electron chi connectivity index (χ1n) is 6.40. The SMILES string of the molecule is CC(=O)CC(C)Cc1ccnc(CC(C)C)c1. The van der Waals surface area contributed by atoms with Crippen molar-refractivity contribution in [2.75, 3.05) is 0 Å². The van der Waals surface area contributed by atoms with Gasteiger partial charge < -0.3 is 4.79 Å². The van der Waals surface area contributed by atoms with E-state index in [4.69, 9.17) is 0 Å². The van der Waals surface area contributed by atoms with E-state index in [2.05, 4.69) is 37.9 Å². The molecule has 94 valence electrons. The van der Waals surface area contributed by atoms with E-state index in [0.29, 0.717) is 18.3 Å². The van der Waals surface area contributed by atoms with E-state index in [-0.39, 0.29) is 5.78 Å². The maximum absolute atomic E-state index is 11.0. The molecule has 17 heavy (non-hydrogen) atoms. The quantitative estimate of drug-likeness (QED) is 0.753. The summed E-state index contributed by atoms with van der Waals surface area (Å²) in [6.45, 7) is 8.19. The van der Waals surface area contributed by atoms with Gasteiger partial charge in [-0.05, 0) is 49.3 Å². The first kappa shape index (κ1) is 13.9. The van der Waals surface area contributed by atoms with Crippen molar-refractivity contribution in [2.45, 2.75) is 47.0 Å². The van der Waals surface area contributed by atoms with Gasteiger partial charge >= 0.3 is 0 Å². The maximum atomic E-state index is 11.0. The van der Waals surface area contributed by atoms with Gasteiger partial charge in [-0.1, -0.05) is 20.8 Å². The molecule has 0 radical (unpaired) electrons. The van der Waals surface area contributed by atoms with Crippen molar-refractivity contribution in [2.24, 2.45) is 11.8 Å². The standard InChI is InChI=1S/C15H23NO/c1-11(2)7-15-10-14(5-6-16-15)9-12(3)8-13(4)17/h5-6,10-12H,7-9H2,1-4H3. The molecule has 0 aliphatic rings. The van der Waals surface area contributed by atoms with Crippen LogP contribution in [0.3, 0.4) is 0 Å². The number of pyridine rings is 1. The molecule has 1 unspecified atom stereocenters. The molecule has 0 bridgehead atoms. The van der Waals surface area contributed by atoms with Crippen molar-refractivity contribution in [3.63, 3.8) is 0 Å². The molecule has 1 aromatic rings. The smallest absolute Gasteiger partial charge is 0.130 e. The lowest BCUT2D eigenvalue weighted by Gasteiger charge is -2.11. The highest BCUT2D eigenvalue weighted by Gasteiger charge is 2.07. The zero-order chi connectivity index (χ0) is 12.8. The molecule has 0 aliphatic heterocycles. The number of aromatic nitrogens is 1. The van der Waals surface area contributed by atoms with Crippen molar-refractivity contribution in [3.8, 4) is 0 Å². The van der Waals surface area contributed by atoms with E-state index in [1.165, 1.54) is 5.56 Å². The van der Waals surface area contributed by atoms with Crippen molar-refractivity contribution >= 4 is 5.78 Å². The Hall–Kier alpha value is -1.18. The second-order valence-corrected chi connectivity index (χ2v) is 5.47. The minimum absolute atomic E-state index is 0.272. The Morgan fingerprint density at radius 1 is 1.29 bits per heavy atom. The van der Waals surface area contributed by atoms with Crippen LogP contribution in [-0.2, 0) is 17.6 Å². The number of Topliss-reactive ketones (excluding diaryl/α,β-unsaturated/α-hetero) is 1. The lowest BCUT2D eigenvalue weighted by atomic mass is 9.96. The van der Waals surface area contributed by atoms with Gasteiger partial charge in [-0.25, -0.2) is 0 Å². The fraction of sp³-hybridized carbons (Fsp3) is 0.600. The number of hydrogen-bond acceptors (Lipinski definition) is 2. The lowest BCUT2D eigenvalue weighted by Crippen LogP contribution is -2.06. The highest BCUT2D eigenvalue weighted by Crippen LogP contribution is 2.14. The molecular weight excluding hydrogens is 210 g/mol. The molecule has 1 atom stereocenters. The summed E-state index contributed by atoms with van der Waals surface area (Å²) >= 11 is 0. The van der Waals surface area contributed by atoms with Crippen LogP contribution in [0, 0.1) is 11.8 Å². The van der Waals surface area contributed by atoms with E-state index in [1.807, 2.05) is 6.20 Å². The second kappa shape index (κ2) is 6.53. The number of rotatable bonds is 6. The number of hydrogen-bond donors (Lipinski definition) is 0. The van der Waals surface area contributed by atoms with E-state index in [0.717, 1.165) is 18.5 Å². The van der Waals surface area contributed by atoms with Crippen molar-refractivity contribution in [3.05, 3.63) is 29.6 Å². The molecular formula is C15H23NO. The van der Waals surface area contributed by atoms with Crippen LogP contribution in [0.4, 0.5) is 0 Å². The average Bonchev–Trinajstić information content (AvgIpc) is 2.14. The normalized spacial score (nSPS) is 12.8. The van der Waals surface area contributed by atoms with Crippen LogP contribution in [0.2, 0.25) is 0 Å². The Labute approximate surface area is 104 Å². The minimum Gasteiger partial charge on any atom is -0.300 e. The summed E-state index contributed by atoms with van der Waals surface area (Å²) in [5.41, 5.74) is 2.46. The highest BCUT2D eigenvalue weighted by molar-refractivity contribution is 5.75. The third-order valence-electron chi connectivity index (χ3n) is 2.72. The average molecular weight is 233 g/mol. The van der Waals surface area contributed by atoms with Crippen LogP contribution in [0.25, 0.3) is 0 Å². The monoisotopic (exact) mass is 233 g/mol. The van der Waals surface area contributed by atoms with Gasteiger partial charge in [-0.15, -0.1) is 0 Å². The predicted octanol–water partition coefficient (Wildman–Crippen LogP) is 3.44. The molecule has 2 heteroatoms. The number of nitrogens with zero attached hydrogens (tertiary/aromatic N) is 1. The first-order chi connectivity index (χ1) is 7.97. The van der Waals surface area contributed by atoms with Gasteiger partial charge in [0.15, 0.2) is 0 Å². The molecule has 0 N–H and O–H groups in total. The van der Waals surface area contributed by atoms with Crippen molar-refractivity contribution in [1.29, 1.82) is 0 Å². The van der Waals surface area contributed by atoms with Crippen LogP contribution >= 0.6 is 0 Å². The highest BCUT2D eigenvalue weighted by atomic mass is 16.1. The Morgan fingerprint density at radius 3 is 2.59 bits per heavy atom. The number of ketones is 1. The molecule has 0 spiro atoms. The Balaban J connectivity index is 2.62. The largest absolute Gasteiger partial charge is 0.300 e. The van der Waals surface area contributed by atoms with Crippen molar-refractivity contribution < 1.29 is 4.79 Å². The predicted molar refractivity (Wildman–Crippen MR) is 70.9 cm³/mol. The third kappa shape index (κ3) is 5.62. The van der Waals surface area contributed by atoms with Gasteiger partial charge in [0.05, 0.1) is 0 Å². The molecule has 0 aliphatic carbocycles. The summed E-state index contributed by atoms with van der Waals surface area (Å²) in [5.74, 6) is 1.32. The summed E-state index contributed by atoms with van der Waals surface area (Å²) in [6, 6.07) is 4.23. The Morgan fingerprint density at radius 2 is 2.00 bits per heavy atom. The molecule has 1 heterocycles. The van der Waals surface area contributed by atoms with E-state index in [1.54, 1.807) is 6.92 Å². The van der Waals surface area contributed by atoms with Crippen molar-refractivity contribution in [1.82, 2.24) is 4.98 Å². The zero-order valence-electron chi connectivity index (χ0n) is 11.4. The molecule has 0 saturated carbocycles.